The van der Waals surface area contributed by atoms with E-state index in [1.165, 1.54) is 6.92 Å². The van der Waals surface area contributed by atoms with Crippen LogP contribution >= 0.6 is 0 Å². The molecule has 0 spiro atoms. The number of benzene rings is 2. The fourth-order valence-electron chi connectivity index (χ4n) is 3.24. The number of nitrogens with one attached hydrogen (secondary N) is 2. The largest absolute Gasteiger partial charge is 0.479 e. The van der Waals surface area contributed by atoms with E-state index in [9.17, 15) is 14.7 Å². The molecule has 1 aromatic heterocycles. The van der Waals surface area contributed by atoms with Gasteiger partial charge in [0.2, 0.25) is 5.91 Å². The van der Waals surface area contributed by atoms with Crippen molar-refractivity contribution in [3.63, 3.8) is 0 Å². The van der Waals surface area contributed by atoms with Crippen molar-refractivity contribution in [2.75, 3.05) is 0 Å². The van der Waals surface area contributed by atoms with Crippen molar-refractivity contribution in [1.82, 2.24) is 10.3 Å². The van der Waals surface area contributed by atoms with Gasteiger partial charge in [0, 0.05) is 36.9 Å². The van der Waals surface area contributed by atoms with Crippen LogP contribution in [-0.4, -0.2) is 27.5 Å². The summed E-state index contributed by atoms with van der Waals surface area (Å²) in [5, 5.41) is 13.6. The highest BCUT2D eigenvalue weighted by atomic mass is 16.4. The molecule has 1 atom stereocenters. The maximum atomic E-state index is 12.2. The number of carboxylic acid groups (broad SMARTS) is 1. The van der Waals surface area contributed by atoms with Crippen LogP contribution in [0.25, 0.3) is 10.9 Å². The van der Waals surface area contributed by atoms with Gasteiger partial charge in [-0.3, -0.25) is 4.79 Å². The molecule has 0 aliphatic carbocycles. The van der Waals surface area contributed by atoms with Gasteiger partial charge in [-0.15, -0.1) is 0 Å². The first-order valence-electron chi connectivity index (χ1n) is 8.11. The van der Waals surface area contributed by atoms with Crippen LogP contribution in [0, 0.1) is 0 Å². The monoisotopic (exact) mass is 336 g/mol. The van der Waals surface area contributed by atoms with Crippen LogP contribution in [0.5, 0.6) is 0 Å². The number of hydrogen-bond acceptors (Lipinski definition) is 2. The van der Waals surface area contributed by atoms with Crippen LogP contribution in [-0.2, 0) is 22.4 Å². The Hall–Kier alpha value is -3.08. The van der Waals surface area contributed by atoms with Gasteiger partial charge in [-0.1, -0.05) is 48.5 Å². The number of para-hydroxylation sites is 1. The highest BCUT2D eigenvalue weighted by Crippen LogP contribution is 2.25. The molecule has 5 nitrogen and oxygen atoms in total. The molecule has 3 N–H and O–H groups in total. The van der Waals surface area contributed by atoms with Crippen molar-refractivity contribution in [3.05, 3.63) is 71.9 Å². The van der Waals surface area contributed by atoms with Gasteiger partial charge in [-0.25, -0.2) is 4.79 Å². The zero-order valence-corrected chi connectivity index (χ0v) is 14.0. The van der Waals surface area contributed by atoms with E-state index in [1.807, 2.05) is 60.8 Å². The first-order chi connectivity index (χ1) is 12.0. The Balaban J connectivity index is 2.03. The van der Waals surface area contributed by atoms with E-state index in [2.05, 4.69) is 10.3 Å². The number of fused-ring (bicyclic) bond motifs is 1. The van der Waals surface area contributed by atoms with Gasteiger partial charge in [-0.05, 0) is 17.2 Å². The number of aromatic amines is 1. The van der Waals surface area contributed by atoms with Crippen molar-refractivity contribution in [2.24, 2.45) is 0 Å². The number of hydrogen-bond donors (Lipinski definition) is 3. The zero-order chi connectivity index (χ0) is 17.9. The maximum Gasteiger partial charge on any atom is 0.330 e. The third-order valence-electron chi connectivity index (χ3n) is 4.34. The first kappa shape index (κ1) is 16.8. The molecule has 0 bridgehead atoms. The summed E-state index contributed by atoms with van der Waals surface area (Å²) < 4.78 is 0. The molecule has 0 radical (unpaired) electrons. The summed E-state index contributed by atoms with van der Waals surface area (Å²) in [6.07, 6.45) is 2.22. The van der Waals surface area contributed by atoms with E-state index in [1.54, 1.807) is 0 Å². The third kappa shape index (κ3) is 3.55. The molecule has 128 valence electrons. The molecular weight excluding hydrogens is 316 g/mol. The lowest BCUT2D eigenvalue weighted by atomic mass is 9.84. The van der Waals surface area contributed by atoms with Gasteiger partial charge in [0.15, 0.2) is 0 Å². The molecule has 1 unspecified atom stereocenters. The number of carbonyl (C=O) groups excluding carboxylic acids is 1. The molecule has 1 amide bonds. The molecule has 2 aromatic carbocycles. The average Bonchev–Trinajstić information content (AvgIpc) is 2.98. The van der Waals surface area contributed by atoms with Crippen molar-refractivity contribution in [1.29, 1.82) is 0 Å². The number of aromatic nitrogens is 1. The van der Waals surface area contributed by atoms with E-state index < -0.39 is 11.5 Å². The summed E-state index contributed by atoms with van der Waals surface area (Å²) >= 11 is 0. The van der Waals surface area contributed by atoms with Gasteiger partial charge < -0.3 is 15.4 Å². The minimum Gasteiger partial charge on any atom is -0.479 e. The molecule has 1 heterocycles. The molecule has 0 fully saturated rings. The topological polar surface area (TPSA) is 82.2 Å². The van der Waals surface area contributed by atoms with E-state index in [0.717, 1.165) is 22.0 Å². The van der Waals surface area contributed by atoms with Crippen LogP contribution in [0.15, 0.2) is 60.8 Å². The number of aliphatic carboxylic acids is 1. The van der Waals surface area contributed by atoms with Crippen LogP contribution in [0.2, 0.25) is 0 Å². The Labute approximate surface area is 145 Å². The summed E-state index contributed by atoms with van der Waals surface area (Å²) in [6.45, 7) is 1.35. The van der Waals surface area contributed by atoms with Crippen molar-refractivity contribution in [3.8, 4) is 0 Å². The molecule has 3 aromatic rings. The van der Waals surface area contributed by atoms with Gasteiger partial charge in [-0.2, -0.15) is 0 Å². The number of H-pyrrole nitrogens is 1. The smallest absolute Gasteiger partial charge is 0.330 e. The molecule has 0 aliphatic heterocycles. The average molecular weight is 336 g/mol. The second-order valence-corrected chi connectivity index (χ2v) is 6.27. The minimum atomic E-state index is -1.40. The normalized spacial score (nSPS) is 13.3. The Morgan fingerprint density at radius 3 is 2.40 bits per heavy atom. The van der Waals surface area contributed by atoms with Gasteiger partial charge in [0.1, 0.15) is 5.54 Å². The Kier molecular flexibility index (Phi) is 4.57. The van der Waals surface area contributed by atoms with Gasteiger partial charge >= 0.3 is 5.97 Å². The molecular formula is C20H20N2O3. The standard InChI is InChI=1S/C20H20N2O3/c1-14(23)22-20(19(24)25,11-15-7-3-2-4-8-15)12-16-13-21-18-10-6-5-9-17(16)18/h2-10,13,21H,11-12H2,1H3,(H,22,23)(H,24,25). The van der Waals surface area contributed by atoms with E-state index >= 15 is 0 Å². The summed E-state index contributed by atoms with van der Waals surface area (Å²) in [5.74, 6) is -1.41. The van der Waals surface area contributed by atoms with E-state index in [4.69, 9.17) is 0 Å². The lowest BCUT2D eigenvalue weighted by Crippen LogP contribution is -2.57. The second kappa shape index (κ2) is 6.81. The van der Waals surface area contributed by atoms with Crippen LogP contribution < -0.4 is 5.32 Å². The van der Waals surface area contributed by atoms with Crippen molar-refractivity contribution >= 4 is 22.8 Å². The molecule has 0 aliphatic rings. The Morgan fingerprint density at radius 1 is 1.04 bits per heavy atom. The SMILES string of the molecule is CC(=O)NC(Cc1ccccc1)(Cc1c[nH]c2ccccc12)C(=O)O. The predicted molar refractivity (Wildman–Crippen MR) is 96.3 cm³/mol. The molecule has 3 rings (SSSR count). The van der Waals surface area contributed by atoms with Crippen molar-refractivity contribution < 1.29 is 14.7 Å². The lowest BCUT2D eigenvalue weighted by Gasteiger charge is -2.30. The number of carboxylic acids is 1. The van der Waals surface area contributed by atoms with Crippen LogP contribution in [0.1, 0.15) is 18.1 Å². The fraction of sp³-hybridized carbons (Fsp3) is 0.200. The minimum absolute atomic E-state index is 0.195. The van der Waals surface area contributed by atoms with E-state index in [0.29, 0.717) is 0 Å². The predicted octanol–water partition coefficient (Wildman–Crippen LogP) is 2.91. The van der Waals surface area contributed by atoms with Crippen LogP contribution in [0.3, 0.4) is 0 Å². The summed E-state index contributed by atoms with van der Waals surface area (Å²) in [7, 11) is 0. The number of carbonyl (C=O) groups is 2. The first-order valence-corrected chi connectivity index (χ1v) is 8.11. The molecule has 5 heteroatoms. The fourth-order valence-corrected chi connectivity index (χ4v) is 3.24. The van der Waals surface area contributed by atoms with Gasteiger partial charge in [0.05, 0.1) is 0 Å². The zero-order valence-electron chi connectivity index (χ0n) is 14.0. The Morgan fingerprint density at radius 2 is 1.72 bits per heavy atom. The van der Waals surface area contributed by atoms with Crippen LogP contribution in [0.4, 0.5) is 0 Å². The summed E-state index contributed by atoms with van der Waals surface area (Å²) in [4.78, 5) is 27.1. The van der Waals surface area contributed by atoms with Gasteiger partial charge in [0.25, 0.3) is 0 Å². The van der Waals surface area contributed by atoms with Crippen molar-refractivity contribution in [2.45, 2.75) is 25.3 Å². The lowest BCUT2D eigenvalue weighted by molar-refractivity contribution is -0.147. The third-order valence-corrected chi connectivity index (χ3v) is 4.34. The maximum absolute atomic E-state index is 12.2. The molecule has 0 saturated heterocycles. The summed E-state index contributed by atoms with van der Waals surface area (Å²) in [6, 6.07) is 17.1. The molecule has 25 heavy (non-hydrogen) atoms. The molecule has 0 saturated carbocycles. The second-order valence-electron chi connectivity index (χ2n) is 6.27. The summed E-state index contributed by atoms with van der Waals surface area (Å²) in [5.41, 5.74) is 1.26. The Bertz CT molecular complexity index is 901. The highest BCUT2D eigenvalue weighted by molar-refractivity contribution is 5.89. The highest BCUT2D eigenvalue weighted by Gasteiger charge is 2.40. The van der Waals surface area contributed by atoms with E-state index in [-0.39, 0.29) is 18.7 Å². The quantitative estimate of drug-likeness (QED) is 0.647. The number of amides is 1. The number of rotatable bonds is 6.